The van der Waals surface area contributed by atoms with E-state index in [2.05, 4.69) is 4.74 Å². The Balaban J connectivity index is 2.37. The van der Waals surface area contributed by atoms with Crippen LogP contribution >= 0.6 is 0 Å². The minimum Gasteiger partial charge on any atom is -0.463 e. The molecule has 0 aliphatic heterocycles. The number of ether oxygens (including phenoxy) is 1. The fraction of sp³-hybridized carbons (Fsp3) is 0.214. The van der Waals surface area contributed by atoms with Gasteiger partial charge in [-0.15, -0.1) is 0 Å². The molecule has 0 amide bonds. The molecule has 0 atom stereocenters. The van der Waals surface area contributed by atoms with Crippen LogP contribution in [0.3, 0.4) is 0 Å². The SMILES string of the molecule is COC(=O)c1occc1CS(=O)(=O)c1cccc(C(F)(F)F)c1. The monoisotopic (exact) mass is 348 g/mol. The highest BCUT2D eigenvalue weighted by molar-refractivity contribution is 7.90. The number of alkyl halides is 3. The molecule has 0 radical (unpaired) electrons. The van der Waals surface area contributed by atoms with Gasteiger partial charge in [0, 0.05) is 5.56 Å². The van der Waals surface area contributed by atoms with Crippen LogP contribution in [0.25, 0.3) is 0 Å². The van der Waals surface area contributed by atoms with Gasteiger partial charge in [-0.2, -0.15) is 13.2 Å². The van der Waals surface area contributed by atoms with Crippen molar-refractivity contribution >= 4 is 15.8 Å². The number of rotatable bonds is 4. The van der Waals surface area contributed by atoms with E-state index in [-0.39, 0.29) is 11.3 Å². The Morgan fingerprint density at radius 1 is 1.26 bits per heavy atom. The van der Waals surface area contributed by atoms with Gasteiger partial charge in [-0.1, -0.05) is 6.07 Å². The third-order valence-corrected chi connectivity index (χ3v) is 4.65. The Labute approximate surface area is 129 Å². The van der Waals surface area contributed by atoms with E-state index < -0.39 is 38.2 Å². The van der Waals surface area contributed by atoms with Crippen LogP contribution in [0, 0.1) is 0 Å². The first-order chi connectivity index (χ1) is 10.6. The van der Waals surface area contributed by atoms with Crippen LogP contribution < -0.4 is 0 Å². The second kappa shape index (κ2) is 6.07. The van der Waals surface area contributed by atoms with E-state index in [1.54, 1.807) is 0 Å². The van der Waals surface area contributed by atoms with Crippen molar-refractivity contribution in [1.29, 1.82) is 0 Å². The molecule has 0 saturated carbocycles. The fourth-order valence-electron chi connectivity index (χ4n) is 1.88. The van der Waals surface area contributed by atoms with Gasteiger partial charge in [0.2, 0.25) is 5.76 Å². The molecule has 1 heterocycles. The largest absolute Gasteiger partial charge is 0.463 e. The molecule has 0 aliphatic carbocycles. The van der Waals surface area contributed by atoms with Gasteiger partial charge in [-0.05, 0) is 24.3 Å². The summed E-state index contributed by atoms with van der Waals surface area (Å²) in [7, 11) is -3.00. The topological polar surface area (TPSA) is 73.6 Å². The van der Waals surface area contributed by atoms with Crippen molar-refractivity contribution in [1.82, 2.24) is 0 Å². The maximum absolute atomic E-state index is 12.7. The molecule has 0 unspecified atom stereocenters. The first-order valence-electron chi connectivity index (χ1n) is 6.20. The maximum atomic E-state index is 12.7. The predicted molar refractivity (Wildman–Crippen MR) is 72.4 cm³/mol. The van der Waals surface area contributed by atoms with Crippen LogP contribution in [0.5, 0.6) is 0 Å². The molecule has 5 nitrogen and oxygen atoms in total. The molecule has 0 aliphatic rings. The molecule has 0 fully saturated rings. The van der Waals surface area contributed by atoms with E-state index in [4.69, 9.17) is 4.42 Å². The van der Waals surface area contributed by atoms with E-state index >= 15 is 0 Å². The van der Waals surface area contributed by atoms with Crippen LogP contribution in [0.4, 0.5) is 13.2 Å². The molecule has 1 aromatic heterocycles. The average molecular weight is 348 g/mol. The summed E-state index contributed by atoms with van der Waals surface area (Å²) >= 11 is 0. The number of hydrogen-bond acceptors (Lipinski definition) is 5. The highest BCUT2D eigenvalue weighted by atomic mass is 32.2. The minimum atomic E-state index is -4.65. The number of hydrogen-bond donors (Lipinski definition) is 0. The van der Waals surface area contributed by atoms with Gasteiger partial charge in [-0.25, -0.2) is 13.2 Å². The zero-order valence-electron chi connectivity index (χ0n) is 11.8. The van der Waals surface area contributed by atoms with Gasteiger partial charge in [0.15, 0.2) is 9.84 Å². The van der Waals surface area contributed by atoms with Gasteiger partial charge >= 0.3 is 12.1 Å². The molecule has 2 rings (SSSR count). The van der Waals surface area contributed by atoms with Crippen LogP contribution in [-0.4, -0.2) is 21.5 Å². The quantitative estimate of drug-likeness (QED) is 0.794. The summed E-state index contributed by atoms with van der Waals surface area (Å²) in [4.78, 5) is 10.9. The smallest absolute Gasteiger partial charge is 0.416 e. The lowest BCUT2D eigenvalue weighted by molar-refractivity contribution is -0.137. The Bertz CT molecular complexity index is 821. The molecule has 0 saturated heterocycles. The van der Waals surface area contributed by atoms with Gasteiger partial charge in [0.1, 0.15) is 0 Å². The van der Waals surface area contributed by atoms with E-state index in [0.717, 1.165) is 31.6 Å². The van der Waals surface area contributed by atoms with Crippen LogP contribution in [0.2, 0.25) is 0 Å². The lowest BCUT2D eigenvalue weighted by Crippen LogP contribution is -2.11. The van der Waals surface area contributed by atoms with E-state index in [0.29, 0.717) is 6.07 Å². The second-order valence-electron chi connectivity index (χ2n) is 4.55. The van der Waals surface area contributed by atoms with Crippen molar-refractivity contribution in [3.8, 4) is 0 Å². The average Bonchev–Trinajstić information content (AvgIpc) is 2.93. The molecule has 23 heavy (non-hydrogen) atoms. The van der Waals surface area contributed by atoms with E-state index in [9.17, 15) is 26.4 Å². The summed E-state index contributed by atoms with van der Waals surface area (Å²) in [5, 5.41) is 0. The first kappa shape index (κ1) is 17.1. The van der Waals surface area contributed by atoms with Crippen LogP contribution in [0.1, 0.15) is 21.7 Å². The molecule has 0 N–H and O–H groups in total. The number of sulfone groups is 1. The molecule has 0 spiro atoms. The molecular weight excluding hydrogens is 337 g/mol. The van der Waals surface area contributed by atoms with Crippen LogP contribution in [0.15, 0.2) is 45.9 Å². The summed E-state index contributed by atoms with van der Waals surface area (Å²) < 4.78 is 71.9. The Morgan fingerprint density at radius 3 is 2.57 bits per heavy atom. The lowest BCUT2D eigenvalue weighted by atomic mass is 10.2. The number of carbonyl (C=O) groups excluding carboxylic acids is 1. The zero-order valence-corrected chi connectivity index (χ0v) is 12.6. The standard InChI is InChI=1S/C14H11F3O5S/c1-21-13(18)12-9(5-6-22-12)8-23(19,20)11-4-2-3-10(7-11)14(15,16)17/h2-7H,8H2,1H3. The molecule has 2 aromatic rings. The summed E-state index contributed by atoms with van der Waals surface area (Å²) in [5.74, 6) is -1.86. The second-order valence-corrected chi connectivity index (χ2v) is 6.54. The highest BCUT2D eigenvalue weighted by Gasteiger charge is 2.32. The van der Waals surface area contributed by atoms with Crippen molar-refractivity contribution in [2.45, 2.75) is 16.8 Å². The fourth-order valence-corrected chi connectivity index (χ4v) is 3.27. The highest BCUT2D eigenvalue weighted by Crippen LogP contribution is 2.31. The summed E-state index contributed by atoms with van der Waals surface area (Å²) in [5.41, 5.74) is -1.06. The Hall–Kier alpha value is -2.29. The summed E-state index contributed by atoms with van der Waals surface area (Å²) in [6, 6.07) is 4.64. The predicted octanol–water partition coefficient (Wildman–Crippen LogP) is 3.06. The summed E-state index contributed by atoms with van der Waals surface area (Å²) in [6.45, 7) is 0. The number of halogens is 3. The van der Waals surface area contributed by atoms with Crippen LogP contribution in [-0.2, 0) is 26.5 Å². The van der Waals surface area contributed by atoms with E-state index in [1.807, 2.05) is 0 Å². The third kappa shape index (κ3) is 3.73. The minimum absolute atomic E-state index is 0.00858. The van der Waals surface area contributed by atoms with Crippen molar-refractivity contribution in [2.75, 3.05) is 7.11 Å². The lowest BCUT2D eigenvalue weighted by Gasteiger charge is -2.09. The van der Waals surface area contributed by atoms with Gasteiger partial charge < -0.3 is 9.15 Å². The molecule has 0 bridgehead atoms. The maximum Gasteiger partial charge on any atom is 0.416 e. The van der Waals surface area contributed by atoms with Crippen molar-refractivity contribution < 1.29 is 35.5 Å². The van der Waals surface area contributed by atoms with Gasteiger partial charge in [0.25, 0.3) is 0 Å². The van der Waals surface area contributed by atoms with Crippen molar-refractivity contribution in [3.05, 3.63) is 53.5 Å². The Morgan fingerprint density at radius 2 is 1.96 bits per heavy atom. The molecular formula is C14H11F3O5S. The number of benzene rings is 1. The molecule has 124 valence electrons. The third-order valence-electron chi connectivity index (χ3n) is 2.98. The van der Waals surface area contributed by atoms with Crippen molar-refractivity contribution in [2.24, 2.45) is 0 Å². The van der Waals surface area contributed by atoms with Gasteiger partial charge in [0.05, 0.1) is 29.6 Å². The molecule has 9 heteroatoms. The normalized spacial score (nSPS) is 12.2. The molecule has 1 aromatic carbocycles. The summed E-state index contributed by atoms with van der Waals surface area (Å²) in [6.07, 6.45) is -3.55. The number of esters is 1. The zero-order chi connectivity index (χ0) is 17.3. The number of carbonyl (C=O) groups is 1. The van der Waals surface area contributed by atoms with E-state index in [1.165, 1.54) is 6.07 Å². The number of furan rings is 1. The Kier molecular flexibility index (Phi) is 4.51. The van der Waals surface area contributed by atoms with Crippen molar-refractivity contribution in [3.63, 3.8) is 0 Å². The van der Waals surface area contributed by atoms with Gasteiger partial charge in [-0.3, -0.25) is 0 Å². The number of methoxy groups -OCH3 is 1. The first-order valence-corrected chi connectivity index (χ1v) is 7.85.